The average molecular weight is 471 g/mol. The summed E-state index contributed by atoms with van der Waals surface area (Å²) < 4.78 is 12.3. The van der Waals surface area contributed by atoms with E-state index in [4.69, 9.17) is 9.47 Å². The zero-order valence-electron chi connectivity index (χ0n) is 19.3. The molecule has 0 aliphatic rings. The number of aromatic nitrogens is 2. The van der Waals surface area contributed by atoms with Crippen molar-refractivity contribution in [3.8, 4) is 11.5 Å². The highest BCUT2D eigenvalue weighted by Crippen LogP contribution is 2.28. The fraction of sp³-hybridized carbons (Fsp3) is 0.148. The van der Waals surface area contributed by atoms with Crippen molar-refractivity contribution >= 4 is 17.3 Å². The monoisotopic (exact) mass is 470 g/mol. The Labute approximate surface area is 203 Å². The molecule has 0 saturated carbocycles. The molecule has 0 aliphatic carbocycles. The predicted molar refractivity (Wildman–Crippen MR) is 134 cm³/mol. The van der Waals surface area contributed by atoms with E-state index in [1.54, 1.807) is 43.5 Å². The van der Waals surface area contributed by atoms with Crippen LogP contribution in [-0.4, -0.2) is 35.9 Å². The summed E-state index contributed by atoms with van der Waals surface area (Å²) in [6.07, 6.45) is 1.51. The highest BCUT2D eigenvalue weighted by atomic mass is 16.5. The van der Waals surface area contributed by atoms with Gasteiger partial charge in [0.25, 0.3) is 11.5 Å². The summed E-state index contributed by atoms with van der Waals surface area (Å²) in [7, 11) is 1.57. The van der Waals surface area contributed by atoms with Crippen LogP contribution >= 0.6 is 0 Å². The van der Waals surface area contributed by atoms with Crippen LogP contribution in [0.15, 0.2) is 95.9 Å². The number of hydrogen-bond donors (Lipinski definition) is 2. The Hall–Kier alpha value is -4.43. The molecule has 0 atom stereocenters. The van der Waals surface area contributed by atoms with Crippen molar-refractivity contribution in [1.82, 2.24) is 15.1 Å². The number of para-hydroxylation sites is 1. The number of ether oxygens (including phenoxy) is 2. The van der Waals surface area contributed by atoms with Gasteiger partial charge in [0, 0.05) is 24.9 Å². The van der Waals surface area contributed by atoms with Gasteiger partial charge < -0.3 is 20.1 Å². The molecule has 8 heteroatoms. The second-order valence-electron chi connectivity index (χ2n) is 7.70. The Kier molecular flexibility index (Phi) is 7.88. The largest absolute Gasteiger partial charge is 0.453 e. The van der Waals surface area contributed by atoms with Crippen LogP contribution in [0.2, 0.25) is 0 Å². The first-order valence-electron chi connectivity index (χ1n) is 11.1. The van der Waals surface area contributed by atoms with E-state index >= 15 is 0 Å². The Balaban J connectivity index is 1.66. The van der Waals surface area contributed by atoms with Gasteiger partial charge in [-0.3, -0.25) is 9.59 Å². The number of amides is 1. The van der Waals surface area contributed by atoms with Gasteiger partial charge in [0.05, 0.1) is 19.3 Å². The third kappa shape index (κ3) is 6.33. The molecule has 0 saturated heterocycles. The molecule has 0 radical (unpaired) electrons. The minimum atomic E-state index is -0.350. The number of anilines is 2. The van der Waals surface area contributed by atoms with E-state index in [2.05, 4.69) is 15.7 Å². The van der Waals surface area contributed by atoms with Gasteiger partial charge in [0.1, 0.15) is 5.75 Å². The number of carbonyl (C=O) groups is 1. The molecule has 0 fully saturated rings. The number of hydrogen-bond acceptors (Lipinski definition) is 6. The number of rotatable bonds is 10. The number of methoxy groups -OCH3 is 1. The third-order valence-corrected chi connectivity index (χ3v) is 5.14. The molecule has 3 aromatic carbocycles. The first kappa shape index (κ1) is 23.7. The fourth-order valence-electron chi connectivity index (χ4n) is 3.40. The maximum Gasteiger partial charge on any atom is 0.294 e. The number of nitrogens with zero attached hydrogens (tertiary/aromatic N) is 2. The lowest BCUT2D eigenvalue weighted by Crippen LogP contribution is -2.27. The quantitative estimate of drug-likeness (QED) is 0.337. The smallest absolute Gasteiger partial charge is 0.294 e. The van der Waals surface area contributed by atoms with Crippen molar-refractivity contribution < 1.29 is 14.3 Å². The van der Waals surface area contributed by atoms with Gasteiger partial charge in [0.2, 0.25) is 0 Å². The Morgan fingerprint density at radius 1 is 0.971 bits per heavy atom. The van der Waals surface area contributed by atoms with Crippen LogP contribution in [0.1, 0.15) is 15.9 Å². The molecule has 2 N–H and O–H groups in total. The molecule has 1 aromatic heterocycles. The minimum Gasteiger partial charge on any atom is -0.453 e. The second kappa shape index (κ2) is 11.6. The van der Waals surface area contributed by atoms with Crippen LogP contribution in [0.25, 0.3) is 0 Å². The normalized spacial score (nSPS) is 10.5. The molecule has 35 heavy (non-hydrogen) atoms. The van der Waals surface area contributed by atoms with Gasteiger partial charge in [-0.1, -0.05) is 54.6 Å². The SMILES string of the molecule is COCCNC(=O)c1cccc(Nc2c(Oc3ccccc3)cnn(Cc3ccccc3)c2=O)c1. The molecule has 0 bridgehead atoms. The topological polar surface area (TPSA) is 94.5 Å². The molecule has 1 amide bonds. The maximum atomic E-state index is 13.4. The lowest BCUT2D eigenvalue weighted by Gasteiger charge is -2.15. The first-order chi connectivity index (χ1) is 17.1. The van der Waals surface area contributed by atoms with Crippen LogP contribution in [0, 0.1) is 0 Å². The summed E-state index contributed by atoms with van der Waals surface area (Å²) in [5.74, 6) is 0.618. The van der Waals surface area contributed by atoms with E-state index in [1.807, 2.05) is 48.5 Å². The standard InChI is InChI=1S/C27H26N4O4/c1-34-16-15-28-26(32)21-11-8-12-22(17-21)30-25-24(35-23-13-6-3-7-14-23)18-29-31(27(25)33)19-20-9-4-2-5-10-20/h2-14,17-18,30H,15-16,19H2,1H3,(H,28,32). The zero-order chi connectivity index (χ0) is 24.5. The molecular weight excluding hydrogens is 444 g/mol. The average Bonchev–Trinajstić information content (AvgIpc) is 2.89. The highest BCUT2D eigenvalue weighted by molar-refractivity contribution is 5.95. The third-order valence-electron chi connectivity index (χ3n) is 5.14. The molecule has 8 nitrogen and oxygen atoms in total. The lowest BCUT2D eigenvalue weighted by molar-refractivity contribution is 0.0937. The summed E-state index contributed by atoms with van der Waals surface area (Å²) in [4.78, 5) is 25.9. The van der Waals surface area contributed by atoms with Crippen molar-refractivity contribution in [2.75, 3.05) is 25.6 Å². The molecule has 0 spiro atoms. The summed E-state index contributed by atoms with van der Waals surface area (Å²) in [5, 5.41) is 10.3. The van der Waals surface area contributed by atoms with Gasteiger partial charge in [-0.15, -0.1) is 0 Å². The van der Waals surface area contributed by atoms with Crippen LogP contribution in [-0.2, 0) is 11.3 Å². The van der Waals surface area contributed by atoms with E-state index in [-0.39, 0.29) is 22.9 Å². The van der Waals surface area contributed by atoms with Crippen LogP contribution in [0.5, 0.6) is 11.5 Å². The molecule has 4 rings (SSSR count). The van der Waals surface area contributed by atoms with E-state index in [0.717, 1.165) is 5.56 Å². The molecular formula is C27H26N4O4. The summed E-state index contributed by atoms with van der Waals surface area (Å²) in [5.41, 5.74) is 1.83. The van der Waals surface area contributed by atoms with E-state index in [1.165, 1.54) is 10.9 Å². The Morgan fingerprint density at radius 2 is 1.71 bits per heavy atom. The number of carbonyl (C=O) groups excluding carboxylic acids is 1. The zero-order valence-corrected chi connectivity index (χ0v) is 19.3. The van der Waals surface area contributed by atoms with Crippen LogP contribution in [0.3, 0.4) is 0 Å². The lowest BCUT2D eigenvalue weighted by atomic mass is 10.2. The van der Waals surface area contributed by atoms with Crippen LogP contribution in [0.4, 0.5) is 11.4 Å². The maximum absolute atomic E-state index is 13.4. The Bertz CT molecular complexity index is 1320. The highest BCUT2D eigenvalue weighted by Gasteiger charge is 2.15. The van der Waals surface area contributed by atoms with E-state index in [0.29, 0.717) is 36.7 Å². The van der Waals surface area contributed by atoms with Crippen molar-refractivity contribution in [1.29, 1.82) is 0 Å². The van der Waals surface area contributed by atoms with E-state index < -0.39 is 0 Å². The van der Waals surface area contributed by atoms with E-state index in [9.17, 15) is 9.59 Å². The second-order valence-corrected chi connectivity index (χ2v) is 7.70. The Morgan fingerprint density at radius 3 is 2.46 bits per heavy atom. The molecule has 4 aromatic rings. The fourth-order valence-corrected chi connectivity index (χ4v) is 3.40. The van der Waals surface area contributed by atoms with Crippen LogP contribution < -0.4 is 20.9 Å². The molecule has 1 heterocycles. The summed E-state index contributed by atoms with van der Waals surface area (Å²) >= 11 is 0. The number of benzene rings is 3. The van der Waals surface area contributed by atoms with Crippen molar-refractivity contribution in [2.45, 2.75) is 6.54 Å². The van der Waals surface area contributed by atoms with Crippen molar-refractivity contribution in [3.63, 3.8) is 0 Å². The minimum absolute atomic E-state index is 0.219. The first-order valence-corrected chi connectivity index (χ1v) is 11.1. The van der Waals surface area contributed by atoms with Crippen molar-refractivity contribution in [3.05, 3.63) is 113 Å². The van der Waals surface area contributed by atoms with Gasteiger partial charge in [0.15, 0.2) is 11.4 Å². The van der Waals surface area contributed by atoms with Gasteiger partial charge >= 0.3 is 0 Å². The van der Waals surface area contributed by atoms with Gasteiger partial charge in [-0.2, -0.15) is 5.10 Å². The van der Waals surface area contributed by atoms with Gasteiger partial charge in [-0.25, -0.2) is 4.68 Å². The molecule has 178 valence electrons. The predicted octanol–water partition coefficient (Wildman–Crippen LogP) is 4.20. The van der Waals surface area contributed by atoms with Crippen molar-refractivity contribution in [2.24, 2.45) is 0 Å². The number of nitrogens with one attached hydrogen (secondary N) is 2. The summed E-state index contributed by atoms with van der Waals surface area (Å²) in [6, 6.07) is 25.7. The molecule has 0 unspecified atom stereocenters. The van der Waals surface area contributed by atoms with Gasteiger partial charge in [-0.05, 0) is 35.9 Å². The summed E-state index contributed by atoms with van der Waals surface area (Å²) in [6.45, 7) is 1.13. The molecule has 0 aliphatic heterocycles.